The quantitative estimate of drug-likeness (QED) is 0.465. The van der Waals surface area contributed by atoms with Gasteiger partial charge in [-0.3, -0.25) is 4.84 Å². The second-order valence-corrected chi connectivity index (χ2v) is 11.7. The molecular formula is C17H25NO3Si. The normalized spacial score (nSPS) is 11.4. The molecule has 0 bridgehead atoms. The number of nitrogens with zero attached hydrogens (tertiary/aromatic N) is 1. The van der Waals surface area contributed by atoms with Crippen LogP contribution in [0.5, 0.6) is 0 Å². The Morgan fingerprint density at radius 3 is 2.27 bits per heavy atom. The minimum absolute atomic E-state index is 0.558. The first-order valence-electron chi connectivity index (χ1n) is 7.23. The number of para-hydroxylation sites is 1. The third-order valence-electron chi connectivity index (χ3n) is 2.44. The fourth-order valence-corrected chi connectivity index (χ4v) is 2.10. The van der Waals surface area contributed by atoms with E-state index in [1.165, 1.54) is 7.11 Å². The van der Waals surface area contributed by atoms with E-state index in [0.717, 1.165) is 10.6 Å². The molecule has 0 unspecified atom stereocenters. The number of hydroxylamine groups is 1. The summed E-state index contributed by atoms with van der Waals surface area (Å²) in [5.74, 6) is 3.17. The van der Waals surface area contributed by atoms with Gasteiger partial charge < -0.3 is 4.74 Å². The van der Waals surface area contributed by atoms with Crippen molar-refractivity contribution in [3.63, 3.8) is 0 Å². The van der Waals surface area contributed by atoms with Crippen molar-refractivity contribution in [2.75, 3.05) is 12.2 Å². The van der Waals surface area contributed by atoms with Crippen molar-refractivity contribution in [1.29, 1.82) is 0 Å². The summed E-state index contributed by atoms with van der Waals surface area (Å²) in [6.07, 6.45) is -0.558. The Morgan fingerprint density at radius 1 is 1.18 bits per heavy atom. The average molecular weight is 319 g/mol. The molecule has 4 nitrogen and oxygen atoms in total. The van der Waals surface area contributed by atoms with Gasteiger partial charge in [-0.25, -0.2) is 4.79 Å². The van der Waals surface area contributed by atoms with Gasteiger partial charge >= 0.3 is 6.09 Å². The molecule has 0 fully saturated rings. The van der Waals surface area contributed by atoms with Gasteiger partial charge in [-0.1, -0.05) is 37.7 Å². The molecule has 1 amide bonds. The topological polar surface area (TPSA) is 38.8 Å². The van der Waals surface area contributed by atoms with Crippen LogP contribution in [0.25, 0.3) is 0 Å². The minimum Gasteiger partial charge on any atom is -0.442 e. The molecule has 0 saturated heterocycles. The molecule has 5 heteroatoms. The summed E-state index contributed by atoms with van der Waals surface area (Å²) in [5.41, 5.74) is 4.04. The number of rotatable bonds is 2. The van der Waals surface area contributed by atoms with Crippen LogP contribution in [-0.2, 0) is 9.57 Å². The first-order chi connectivity index (χ1) is 10.0. The predicted molar refractivity (Wildman–Crippen MR) is 92.4 cm³/mol. The van der Waals surface area contributed by atoms with E-state index in [9.17, 15) is 4.79 Å². The van der Waals surface area contributed by atoms with Gasteiger partial charge in [-0.15, -0.1) is 5.54 Å². The Labute approximate surface area is 134 Å². The molecule has 0 aliphatic rings. The lowest BCUT2D eigenvalue weighted by molar-refractivity contribution is 0.0328. The van der Waals surface area contributed by atoms with Crippen LogP contribution >= 0.6 is 0 Å². The monoisotopic (exact) mass is 319 g/mol. The minimum atomic E-state index is -1.51. The molecule has 0 aliphatic heterocycles. The molecule has 120 valence electrons. The van der Waals surface area contributed by atoms with E-state index < -0.39 is 19.8 Å². The van der Waals surface area contributed by atoms with E-state index in [1.54, 1.807) is 6.07 Å². The lowest BCUT2D eigenvalue weighted by Crippen LogP contribution is -2.36. The standard InChI is InChI=1S/C17H25NO3Si/c1-17(2,3)21-16(19)18(20-4)15-11-9-8-10-14(15)12-13-22(5,6)7/h8-11H,1-7H3. The van der Waals surface area contributed by atoms with Gasteiger partial charge in [-0.2, -0.15) is 5.06 Å². The van der Waals surface area contributed by atoms with E-state index in [-0.39, 0.29) is 0 Å². The third-order valence-corrected chi connectivity index (χ3v) is 3.31. The summed E-state index contributed by atoms with van der Waals surface area (Å²) in [7, 11) is -0.0728. The molecule has 22 heavy (non-hydrogen) atoms. The number of anilines is 1. The first kappa shape index (κ1) is 18.3. The Kier molecular flexibility index (Phi) is 5.81. The van der Waals surface area contributed by atoms with Gasteiger partial charge in [0.25, 0.3) is 0 Å². The van der Waals surface area contributed by atoms with Crippen LogP contribution in [-0.4, -0.2) is 26.9 Å². The first-order valence-corrected chi connectivity index (χ1v) is 10.7. The number of carbonyl (C=O) groups is 1. The molecule has 0 aliphatic carbocycles. The molecule has 0 spiro atoms. The zero-order valence-corrected chi connectivity index (χ0v) is 15.5. The zero-order valence-electron chi connectivity index (χ0n) is 14.5. The van der Waals surface area contributed by atoms with Crippen LogP contribution in [0, 0.1) is 11.5 Å². The van der Waals surface area contributed by atoms with E-state index in [4.69, 9.17) is 9.57 Å². The number of benzene rings is 1. The molecule has 1 aromatic carbocycles. The van der Waals surface area contributed by atoms with Crippen molar-refractivity contribution >= 4 is 19.9 Å². The maximum Gasteiger partial charge on any atom is 0.439 e. The average Bonchev–Trinajstić information content (AvgIpc) is 2.35. The molecule has 0 radical (unpaired) electrons. The number of ether oxygens (including phenoxy) is 1. The summed E-state index contributed by atoms with van der Waals surface area (Å²) in [5, 5.41) is 1.14. The van der Waals surface area contributed by atoms with Crippen LogP contribution in [0.2, 0.25) is 19.6 Å². The van der Waals surface area contributed by atoms with E-state index in [0.29, 0.717) is 5.69 Å². The Bertz CT molecular complexity index is 588. The van der Waals surface area contributed by atoms with Crippen molar-refractivity contribution < 1.29 is 14.4 Å². The smallest absolute Gasteiger partial charge is 0.439 e. The van der Waals surface area contributed by atoms with Crippen LogP contribution in [0.15, 0.2) is 24.3 Å². The molecular weight excluding hydrogens is 294 g/mol. The molecule has 0 saturated carbocycles. The maximum atomic E-state index is 12.3. The largest absolute Gasteiger partial charge is 0.442 e. The Hall–Kier alpha value is -1.77. The van der Waals surface area contributed by atoms with Crippen molar-refractivity contribution in [3.05, 3.63) is 29.8 Å². The third kappa shape index (κ3) is 5.92. The van der Waals surface area contributed by atoms with Crippen LogP contribution in [0.4, 0.5) is 10.5 Å². The zero-order chi connectivity index (χ0) is 17.0. The van der Waals surface area contributed by atoms with Crippen molar-refractivity contribution in [3.8, 4) is 11.5 Å². The number of carbonyl (C=O) groups excluding carboxylic acids is 1. The summed E-state index contributed by atoms with van der Waals surface area (Å²) >= 11 is 0. The predicted octanol–water partition coefficient (Wildman–Crippen LogP) is 4.22. The molecule has 0 aromatic heterocycles. The molecule has 0 N–H and O–H groups in total. The molecule has 0 heterocycles. The fourth-order valence-electron chi connectivity index (χ4n) is 1.59. The second kappa shape index (κ2) is 6.99. The maximum absolute atomic E-state index is 12.3. The van der Waals surface area contributed by atoms with Crippen LogP contribution in [0.3, 0.4) is 0 Å². The number of hydrogen-bond acceptors (Lipinski definition) is 3. The van der Waals surface area contributed by atoms with Crippen molar-refractivity contribution in [1.82, 2.24) is 0 Å². The summed E-state index contributed by atoms with van der Waals surface area (Å²) in [4.78, 5) is 17.5. The highest BCUT2D eigenvalue weighted by atomic mass is 28.3. The van der Waals surface area contributed by atoms with Gasteiger partial charge in [0, 0.05) is 0 Å². The van der Waals surface area contributed by atoms with E-state index in [1.807, 2.05) is 39.0 Å². The number of amides is 1. The second-order valence-electron chi connectivity index (χ2n) is 6.97. The van der Waals surface area contributed by atoms with Gasteiger partial charge in [0.15, 0.2) is 0 Å². The van der Waals surface area contributed by atoms with E-state index in [2.05, 4.69) is 31.1 Å². The molecule has 1 aromatic rings. The van der Waals surface area contributed by atoms with Crippen molar-refractivity contribution in [2.45, 2.75) is 46.0 Å². The number of hydrogen-bond donors (Lipinski definition) is 0. The highest BCUT2D eigenvalue weighted by molar-refractivity contribution is 6.83. The SMILES string of the molecule is CON(C(=O)OC(C)(C)C)c1ccccc1C#C[Si](C)(C)C. The fraction of sp³-hybridized carbons (Fsp3) is 0.471. The lowest BCUT2D eigenvalue weighted by Gasteiger charge is -2.26. The van der Waals surface area contributed by atoms with E-state index >= 15 is 0 Å². The highest BCUT2D eigenvalue weighted by Gasteiger charge is 2.25. The van der Waals surface area contributed by atoms with Crippen LogP contribution in [0.1, 0.15) is 26.3 Å². The van der Waals surface area contributed by atoms with Gasteiger partial charge in [0.2, 0.25) is 0 Å². The van der Waals surface area contributed by atoms with Crippen LogP contribution < -0.4 is 5.06 Å². The summed E-state index contributed by atoms with van der Waals surface area (Å²) < 4.78 is 5.37. The van der Waals surface area contributed by atoms with Crippen molar-refractivity contribution in [2.24, 2.45) is 0 Å². The highest BCUT2D eigenvalue weighted by Crippen LogP contribution is 2.22. The molecule has 1 rings (SSSR count). The Morgan fingerprint density at radius 2 is 1.77 bits per heavy atom. The Balaban J connectivity index is 3.17. The van der Waals surface area contributed by atoms with Gasteiger partial charge in [0.1, 0.15) is 13.7 Å². The summed E-state index contributed by atoms with van der Waals surface area (Å²) in [6.45, 7) is 12.0. The summed E-state index contributed by atoms with van der Waals surface area (Å²) in [6, 6.07) is 7.40. The molecule has 0 atom stereocenters. The lowest BCUT2D eigenvalue weighted by atomic mass is 10.2. The van der Waals surface area contributed by atoms with Gasteiger partial charge in [0.05, 0.1) is 18.4 Å². The van der Waals surface area contributed by atoms with Gasteiger partial charge in [-0.05, 0) is 32.9 Å².